The van der Waals surface area contributed by atoms with Crippen molar-refractivity contribution >= 4 is 27.5 Å². The molecule has 0 saturated heterocycles. The fraction of sp³-hybridized carbons (Fsp3) is 0.217. The Balaban J connectivity index is 1.30. The number of nitriles is 2. The Labute approximate surface area is 187 Å². The van der Waals surface area contributed by atoms with Crippen molar-refractivity contribution in [3.8, 4) is 23.3 Å². The molecule has 0 aliphatic heterocycles. The maximum absolute atomic E-state index is 12.1. The Kier molecular flexibility index (Phi) is 4.89. The number of benzene rings is 2. The Morgan fingerprint density at radius 3 is 2.75 bits per heavy atom. The van der Waals surface area contributed by atoms with Crippen LogP contribution in [0.1, 0.15) is 35.2 Å². The van der Waals surface area contributed by atoms with Gasteiger partial charge in [0.2, 0.25) is 17.7 Å². The summed E-state index contributed by atoms with van der Waals surface area (Å²) in [5.74, 6) is 0.287. The van der Waals surface area contributed by atoms with Gasteiger partial charge < -0.3 is 9.73 Å². The van der Waals surface area contributed by atoms with Gasteiger partial charge in [-0.3, -0.25) is 4.79 Å². The minimum absolute atomic E-state index is 0.0576. The maximum atomic E-state index is 12.1. The summed E-state index contributed by atoms with van der Waals surface area (Å²) in [5.41, 5.74) is 2.61. The van der Waals surface area contributed by atoms with Crippen molar-refractivity contribution in [2.45, 2.75) is 31.2 Å². The minimum Gasteiger partial charge on any atom is -0.424 e. The number of nitrogens with zero attached hydrogens (tertiary/aromatic N) is 5. The molecule has 2 aromatic carbocycles. The standard InChI is InChI=1S/C23H16N6O2S/c24-12-15-3-1-2-4-16(15)14-5-6-17-18(9-14)32-22(26-17)11-21-29-28-20(31-21)10-19(30)27-23(13-25)7-8-23/h1-6,9H,7-8,10-11H2,(H,27,30). The van der Waals surface area contributed by atoms with Gasteiger partial charge in [-0.15, -0.1) is 21.5 Å². The number of hydrogen-bond acceptors (Lipinski definition) is 8. The molecule has 0 unspecified atom stereocenters. The molecule has 0 spiro atoms. The van der Waals surface area contributed by atoms with E-state index >= 15 is 0 Å². The maximum Gasteiger partial charge on any atom is 0.230 e. The van der Waals surface area contributed by atoms with Crippen LogP contribution in [0.15, 0.2) is 46.9 Å². The molecular weight excluding hydrogens is 424 g/mol. The third-order valence-electron chi connectivity index (χ3n) is 5.26. The van der Waals surface area contributed by atoms with Crippen LogP contribution in [0.3, 0.4) is 0 Å². The zero-order chi connectivity index (χ0) is 22.1. The molecule has 1 saturated carbocycles. The first-order valence-corrected chi connectivity index (χ1v) is 10.8. The van der Waals surface area contributed by atoms with Crippen LogP contribution < -0.4 is 5.32 Å². The van der Waals surface area contributed by atoms with Crippen molar-refractivity contribution in [3.63, 3.8) is 0 Å². The molecule has 1 amide bonds. The van der Waals surface area contributed by atoms with E-state index in [4.69, 9.17) is 9.68 Å². The summed E-state index contributed by atoms with van der Waals surface area (Å²) in [7, 11) is 0. The van der Waals surface area contributed by atoms with Gasteiger partial charge in [-0.25, -0.2) is 4.98 Å². The molecule has 1 aliphatic rings. The van der Waals surface area contributed by atoms with Crippen molar-refractivity contribution in [1.29, 1.82) is 10.5 Å². The lowest BCUT2D eigenvalue weighted by Crippen LogP contribution is -2.36. The lowest BCUT2D eigenvalue weighted by atomic mass is 10.0. The number of nitrogens with one attached hydrogen (secondary N) is 1. The lowest BCUT2D eigenvalue weighted by Gasteiger charge is -2.06. The normalized spacial score (nSPS) is 13.9. The van der Waals surface area contributed by atoms with Gasteiger partial charge in [-0.05, 0) is 42.2 Å². The number of carbonyl (C=O) groups is 1. The van der Waals surface area contributed by atoms with Gasteiger partial charge in [0.25, 0.3) is 0 Å². The fourth-order valence-corrected chi connectivity index (χ4v) is 4.44. The number of aromatic nitrogens is 3. The quantitative estimate of drug-likeness (QED) is 0.486. The summed E-state index contributed by atoms with van der Waals surface area (Å²) >= 11 is 1.52. The third kappa shape index (κ3) is 3.94. The molecule has 1 aliphatic carbocycles. The predicted octanol–water partition coefficient (Wildman–Crippen LogP) is 3.52. The molecule has 2 aromatic heterocycles. The highest BCUT2D eigenvalue weighted by atomic mass is 32.1. The van der Waals surface area contributed by atoms with E-state index in [1.165, 1.54) is 11.3 Å². The average molecular weight is 440 g/mol. The number of thiazole rings is 1. The smallest absolute Gasteiger partial charge is 0.230 e. The Morgan fingerprint density at radius 2 is 1.97 bits per heavy atom. The summed E-state index contributed by atoms with van der Waals surface area (Å²) in [6.45, 7) is 0. The first kappa shape index (κ1) is 19.9. The van der Waals surface area contributed by atoms with E-state index in [0.29, 0.717) is 30.7 Å². The zero-order valence-electron chi connectivity index (χ0n) is 16.8. The highest BCUT2D eigenvalue weighted by Crippen LogP contribution is 2.34. The van der Waals surface area contributed by atoms with Crippen molar-refractivity contribution in [3.05, 3.63) is 64.8 Å². The second kappa shape index (κ2) is 7.88. The Morgan fingerprint density at radius 1 is 1.16 bits per heavy atom. The molecule has 8 nitrogen and oxygen atoms in total. The van der Waals surface area contributed by atoms with Crippen LogP contribution in [0, 0.1) is 22.7 Å². The highest BCUT2D eigenvalue weighted by molar-refractivity contribution is 7.18. The summed E-state index contributed by atoms with van der Waals surface area (Å²) < 4.78 is 6.61. The van der Waals surface area contributed by atoms with Crippen LogP contribution in [0.25, 0.3) is 21.3 Å². The first-order chi connectivity index (χ1) is 15.6. The average Bonchev–Trinajstić information content (AvgIpc) is 3.24. The van der Waals surface area contributed by atoms with E-state index in [9.17, 15) is 10.1 Å². The Hall–Kier alpha value is -4.08. The molecule has 1 fully saturated rings. The fourth-order valence-electron chi connectivity index (χ4n) is 3.45. The van der Waals surface area contributed by atoms with Gasteiger partial charge in [0, 0.05) is 0 Å². The molecule has 5 rings (SSSR count). The Bertz CT molecular complexity index is 1420. The van der Waals surface area contributed by atoms with Crippen molar-refractivity contribution in [2.24, 2.45) is 0 Å². The number of rotatable bonds is 6. The minimum atomic E-state index is -0.715. The van der Waals surface area contributed by atoms with Crippen LogP contribution >= 0.6 is 11.3 Å². The number of carbonyl (C=O) groups excluding carboxylic acids is 1. The first-order valence-electron chi connectivity index (χ1n) is 10.00. The highest BCUT2D eigenvalue weighted by Gasteiger charge is 2.44. The molecule has 4 aromatic rings. The van der Waals surface area contributed by atoms with Gasteiger partial charge in [-0.2, -0.15) is 10.5 Å². The summed E-state index contributed by atoms with van der Waals surface area (Å²) in [4.78, 5) is 16.7. The van der Waals surface area contributed by atoms with Crippen LogP contribution in [0.2, 0.25) is 0 Å². The van der Waals surface area contributed by atoms with E-state index in [1.807, 2.05) is 36.4 Å². The molecule has 32 heavy (non-hydrogen) atoms. The van der Waals surface area contributed by atoms with Crippen LogP contribution in [-0.4, -0.2) is 26.6 Å². The summed E-state index contributed by atoms with van der Waals surface area (Å²) in [5, 5.41) is 29.9. The third-order valence-corrected chi connectivity index (χ3v) is 6.28. The van der Waals surface area contributed by atoms with Crippen molar-refractivity contribution in [2.75, 3.05) is 0 Å². The van der Waals surface area contributed by atoms with Crippen molar-refractivity contribution in [1.82, 2.24) is 20.5 Å². The predicted molar refractivity (Wildman–Crippen MR) is 116 cm³/mol. The molecular formula is C23H16N6O2S. The van der Waals surface area contributed by atoms with Gasteiger partial charge >= 0.3 is 0 Å². The van der Waals surface area contributed by atoms with E-state index < -0.39 is 5.54 Å². The molecule has 9 heteroatoms. The molecule has 2 heterocycles. The van der Waals surface area contributed by atoms with Gasteiger partial charge in [0.05, 0.1) is 34.3 Å². The largest absolute Gasteiger partial charge is 0.424 e. The lowest BCUT2D eigenvalue weighted by molar-refractivity contribution is -0.121. The van der Waals surface area contributed by atoms with Crippen LogP contribution in [0.5, 0.6) is 0 Å². The van der Waals surface area contributed by atoms with E-state index in [-0.39, 0.29) is 18.2 Å². The molecule has 0 atom stereocenters. The second-order valence-electron chi connectivity index (χ2n) is 7.63. The second-order valence-corrected chi connectivity index (χ2v) is 8.75. The van der Waals surface area contributed by atoms with E-state index in [2.05, 4.69) is 32.6 Å². The molecule has 0 bridgehead atoms. The monoisotopic (exact) mass is 440 g/mol. The summed E-state index contributed by atoms with van der Waals surface area (Å²) in [6, 6.07) is 17.8. The van der Waals surface area contributed by atoms with E-state index in [0.717, 1.165) is 26.4 Å². The number of hydrogen-bond donors (Lipinski definition) is 1. The topological polar surface area (TPSA) is 128 Å². The van der Waals surface area contributed by atoms with Crippen LogP contribution in [0.4, 0.5) is 0 Å². The molecule has 156 valence electrons. The number of fused-ring (bicyclic) bond motifs is 1. The molecule has 1 N–H and O–H groups in total. The zero-order valence-corrected chi connectivity index (χ0v) is 17.6. The van der Waals surface area contributed by atoms with Crippen LogP contribution in [-0.2, 0) is 17.6 Å². The summed E-state index contributed by atoms with van der Waals surface area (Å²) in [6.07, 6.45) is 1.65. The number of amides is 1. The van der Waals surface area contributed by atoms with Gasteiger partial charge in [0.1, 0.15) is 17.0 Å². The SMILES string of the molecule is N#Cc1ccccc1-c1ccc2nc(Cc3nnc(CC(=O)NC4(C#N)CC4)o3)sc2c1. The molecule has 0 radical (unpaired) electrons. The van der Waals surface area contributed by atoms with Crippen molar-refractivity contribution < 1.29 is 9.21 Å². The van der Waals surface area contributed by atoms with Gasteiger partial charge in [-0.1, -0.05) is 24.3 Å². The van der Waals surface area contributed by atoms with Gasteiger partial charge in [0.15, 0.2) is 0 Å². The van der Waals surface area contributed by atoms with E-state index in [1.54, 1.807) is 6.07 Å².